The highest BCUT2D eigenvalue weighted by Gasteiger charge is 2.09. The zero-order chi connectivity index (χ0) is 15.2. The van der Waals surface area contributed by atoms with Gasteiger partial charge in [-0.15, -0.1) is 0 Å². The van der Waals surface area contributed by atoms with Crippen LogP contribution in [0.25, 0.3) is 0 Å². The topological polar surface area (TPSA) is 38.3 Å². The molecule has 0 aromatic heterocycles. The maximum Gasteiger partial charge on any atom is 0.251 e. The Morgan fingerprint density at radius 3 is 2.67 bits per heavy atom. The first-order valence-electron chi connectivity index (χ1n) is 6.49. The predicted molar refractivity (Wildman–Crippen MR) is 80.4 cm³/mol. The van der Waals surface area contributed by atoms with E-state index >= 15 is 0 Å². The molecule has 0 fully saturated rings. The van der Waals surface area contributed by atoms with Gasteiger partial charge in [0.2, 0.25) is 0 Å². The van der Waals surface area contributed by atoms with Crippen LogP contribution >= 0.6 is 11.6 Å². The van der Waals surface area contributed by atoms with Gasteiger partial charge in [-0.25, -0.2) is 4.39 Å². The van der Waals surface area contributed by atoms with Gasteiger partial charge in [0, 0.05) is 10.6 Å². The smallest absolute Gasteiger partial charge is 0.251 e. The number of hydrogen-bond acceptors (Lipinski definition) is 2. The molecule has 1 N–H and O–H groups in total. The van der Waals surface area contributed by atoms with Crippen LogP contribution in [0.1, 0.15) is 15.9 Å². The van der Waals surface area contributed by atoms with Gasteiger partial charge in [0.25, 0.3) is 5.91 Å². The molecular formula is C16H15ClFNO2. The largest absolute Gasteiger partial charge is 0.492 e. The van der Waals surface area contributed by atoms with Gasteiger partial charge >= 0.3 is 0 Å². The molecule has 0 aliphatic rings. The number of carbonyl (C=O) groups is 1. The molecule has 2 rings (SSSR count). The second kappa shape index (κ2) is 7.09. The number of amides is 1. The van der Waals surface area contributed by atoms with Gasteiger partial charge in [0.05, 0.1) is 6.54 Å². The number of aryl methyl sites for hydroxylation is 1. The molecule has 1 amide bonds. The van der Waals surface area contributed by atoms with Crippen LogP contribution in [0.4, 0.5) is 4.39 Å². The van der Waals surface area contributed by atoms with Crippen LogP contribution in [0.3, 0.4) is 0 Å². The highest BCUT2D eigenvalue weighted by atomic mass is 35.5. The van der Waals surface area contributed by atoms with E-state index in [9.17, 15) is 9.18 Å². The van der Waals surface area contributed by atoms with Gasteiger partial charge in [0.1, 0.15) is 18.2 Å². The van der Waals surface area contributed by atoms with Crippen LogP contribution in [-0.4, -0.2) is 19.1 Å². The van der Waals surface area contributed by atoms with E-state index < -0.39 is 5.82 Å². The monoisotopic (exact) mass is 307 g/mol. The molecule has 0 aliphatic heterocycles. The van der Waals surface area contributed by atoms with Crippen molar-refractivity contribution < 1.29 is 13.9 Å². The fourth-order valence-electron chi connectivity index (χ4n) is 1.80. The first kappa shape index (κ1) is 15.3. The second-order valence-corrected chi connectivity index (χ2v) is 4.95. The Morgan fingerprint density at radius 2 is 1.95 bits per heavy atom. The predicted octanol–water partition coefficient (Wildman–Crippen LogP) is 3.60. The summed E-state index contributed by atoms with van der Waals surface area (Å²) in [6, 6.07) is 11.1. The Kier molecular flexibility index (Phi) is 5.17. The Morgan fingerprint density at radius 1 is 1.24 bits per heavy atom. The van der Waals surface area contributed by atoms with Gasteiger partial charge in [0.15, 0.2) is 0 Å². The first-order chi connectivity index (χ1) is 10.1. The van der Waals surface area contributed by atoms with Crippen LogP contribution in [-0.2, 0) is 0 Å². The molecule has 0 unspecified atom stereocenters. The third-order valence-corrected chi connectivity index (χ3v) is 3.17. The van der Waals surface area contributed by atoms with Gasteiger partial charge in [-0.2, -0.15) is 0 Å². The molecule has 0 saturated heterocycles. The van der Waals surface area contributed by atoms with E-state index in [0.29, 0.717) is 29.5 Å². The maximum absolute atomic E-state index is 13.1. The van der Waals surface area contributed by atoms with Crippen molar-refractivity contribution in [1.82, 2.24) is 5.32 Å². The minimum atomic E-state index is -0.428. The lowest BCUT2D eigenvalue weighted by molar-refractivity contribution is 0.0946. The van der Waals surface area contributed by atoms with Crippen LogP contribution in [0.15, 0.2) is 42.5 Å². The Bertz CT molecular complexity index is 629. The average molecular weight is 308 g/mol. The number of hydrogen-bond donors (Lipinski definition) is 1. The average Bonchev–Trinajstić information content (AvgIpc) is 2.47. The van der Waals surface area contributed by atoms with Crippen molar-refractivity contribution in [3.05, 3.63) is 64.4 Å². The molecule has 0 heterocycles. The third kappa shape index (κ3) is 4.46. The molecule has 5 heteroatoms. The minimum Gasteiger partial charge on any atom is -0.492 e. The summed E-state index contributed by atoms with van der Waals surface area (Å²) in [6.45, 7) is 2.41. The molecule has 0 saturated carbocycles. The highest BCUT2D eigenvalue weighted by molar-refractivity contribution is 6.30. The Hall–Kier alpha value is -2.07. The molecule has 21 heavy (non-hydrogen) atoms. The van der Waals surface area contributed by atoms with E-state index in [1.807, 2.05) is 0 Å². The molecule has 0 bridgehead atoms. The lowest BCUT2D eigenvalue weighted by Crippen LogP contribution is -2.28. The second-order valence-electron chi connectivity index (χ2n) is 4.52. The van der Waals surface area contributed by atoms with Crippen molar-refractivity contribution in [3.63, 3.8) is 0 Å². The number of carbonyl (C=O) groups excluding carboxylic acids is 1. The van der Waals surface area contributed by atoms with E-state index in [0.717, 1.165) is 5.56 Å². The molecule has 0 spiro atoms. The van der Waals surface area contributed by atoms with E-state index in [2.05, 4.69) is 5.32 Å². The van der Waals surface area contributed by atoms with Crippen molar-refractivity contribution in [1.29, 1.82) is 0 Å². The van der Waals surface area contributed by atoms with Crippen LogP contribution in [0.2, 0.25) is 5.02 Å². The number of ether oxygens (including phenoxy) is 1. The molecular weight excluding hydrogens is 293 g/mol. The van der Waals surface area contributed by atoms with Gasteiger partial charge in [-0.05, 0) is 48.9 Å². The Balaban J connectivity index is 1.81. The van der Waals surface area contributed by atoms with E-state index in [-0.39, 0.29) is 5.91 Å². The van der Waals surface area contributed by atoms with Crippen molar-refractivity contribution in [2.24, 2.45) is 0 Å². The lowest BCUT2D eigenvalue weighted by atomic mass is 10.1. The first-order valence-corrected chi connectivity index (χ1v) is 6.87. The van der Waals surface area contributed by atoms with Gasteiger partial charge < -0.3 is 10.1 Å². The summed E-state index contributed by atoms with van der Waals surface area (Å²) in [5, 5.41) is 3.33. The summed E-state index contributed by atoms with van der Waals surface area (Å²) in [4.78, 5) is 11.9. The lowest BCUT2D eigenvalue weighted by Gasteiger charge is -2.09. The standard InChI is InChI=1S/C16H15ClFNO2/c1-11-2-5-13(18)10-15(11)16(20)19-8-9-21-14-6-3-12(17)4-7-14/h2-7,10H,8-9H2,1H3,(H,19,20). The SMILES string of the molecule is Cc1ccc(F)cc1C(=O)NCCOc1ccc(Cl)cc1. The van der Waals surface area contributed by atoms with Crippen molar-refractivity contribution >= 4 is 17.5 Å². The molecule has 2 aromatic rings. The number of benzene rings is 2. The number of halogens is 2. The Labute approximate surface area is 127 Å². The van der Waals surface area contributed by atoms with Gasteiger partial charge in [-0.1, -0.05) is 17.7 Å². The summed E-state index contributed by atoms with van der Waals surface area (Å²) in [7, 11) is 0. The quantitative estimate of drug-likeness (QED) is 0.857. The van der Waals surface area contributed by atoms with Crippen LogP contribution in [0.5, 0.6) is 5.75 Å². The highest BCUT2D eigenvalue weighted by Crippen LogP contribution is 2.15. The summed E-state index contributed by atoms with van der Waals surface area (Å²) in [5.41, 5.74) is 1.06. The number of nitrogens with one attached hydrogen (secondary N) is 1. The summed E-state index contributed by atoms with van der Waals surface area (Å²) >= 11 is 5.77. The maximum atomic E-state index is 13.1. The van der Waals surface area contributed by atoms with Gasteiger partial charge in [-0.3, -0.25) is 4.79 Å². The third-order valence-electron chi connectivity index (χ3n) is 2.91. The summed E-state index contributed by atoms with van der Waals surface area (Å²) < 4.78 is 18.6. The van der Waals surface area contributed by atoms with Crippen LogP contribution in [0, 0.1) is 12.7 Å². The molecule has 0 radical (unpaired) electrons. The summed E-state index contributed by atoms with van der Waals surface area (Å²) in [6.07, 6.45) is 0. The normalized spacial score (nSPS) is 10.2. The van der Waals surface area contributed by atoms with Crippen molar-refractivity contribution in [2.45, 2.75) is 6.92 Å². The molecule has 110 valence electrons. The molecule has 2 aromatic carbocycles. The van der Waals surface area contributed by atoms with E-state index in [4.69, 9.17) is 16.3 Å². The minimum absolute atomic E-state index is 0.313. The zero-order valence-electron chi connectivity index (χ0n) is 11.5. The molecule has 0 aliphatic carbocycles. The number of rotatable bonds is 5. The van der Waals surface area contributed by atoms with E-state index in [1.54, 1.807) is 37.3 Å². The fraction of sp³-hybridized carbons (Fsp3) is 0.188. The van der Waals surface area contributed by atoms with Crippen molar-refractivity contribution in [3.8, 4) is 5.75 Å². The van der Waals surface area contributed by atoms with Crippen molar-refractivity contribution in [2.75, 3.05) is 13.2 Å². The van der Waals surface area contributed by atoms with E-state index in [1.165, 1.54) is 12.1 Å². The zero-order valence-corrected chi connectivity index (χ0v) is 12.3. The molecule has 3 nitrogen and oxygen atoms in total. The van der Waals surface area contributed by atoms with Crippen LogP contribution < -0.4 is 10.1 Å². The fourth-order valence-corrected chi connectivity index (χ4v) is 1.92. The molecule has 0 atom stereocenters. The summed E-state index contributed by atoms with van der Waals surface area (Å²) in [5.74, 6) is -0.0644.